The van der Waals surface area contributed by atoms with Crippen LogP contribution < -0.4 is 11.1 Å². The zero-order chi connectivity index (χ0) is 19.8. The van der Waals surface area contributed by atoms with Crippen molar-refractivity contribution in [3.05, 3.63) is 35.4 Å². The number of nitrogens with zero attached hydrogens (tertiary/aromatic N) is 2. The number of rotatable bonds is 2. The molecule has 1 saturated heterocycles. The SMILES string of the molecule is CC(C)(C)OC(=O)N1CCC2(CC1)N=C(c1ccc(C(N)=O)cc1)NC2=O. The van der Waals surface area contributed by atoms with Gasteiger partial charge >= 0.3 is 6.09 Å². The normalized spacial score (nSPS) is 18.9. The number of piperidine rings is 1. The maximum Gasteiger partial charge on any atom is 0.410 e. The largest absolute Gasteiger partial charge is 0.444 e. The van der Waals surface area contributed by atoms with Gasteiger partial charge in [0.25, 0.3) is 5.91 Å². The summed E-state index contributed by atoms with van der Waals surface area (Å²) in [4.78, 5) is 42.2. The van der Waals surface area contributed by atoms with Crippen molar-refractivity contribution < 1.29 is 19.1 Å². The molecule has 27 heavy (non-hydrogen) atoms. The van der Waals surface area contributed by atoms with Gasteiger partial charge in [0.1, 0.15) is 17.0 Å². The van der Waals surface area contributed by atoms with E-state index in [0.29, 0.717) is 42.9 Å². The number of nitrogens with two attached hydrogens (primary N) is 1. The van der Waals surface area contributed by atoms with Gasteiger partial charge in [-0.05, 0) is 45.7 Å². The number of benzene rings is 1. The molecule has 0 atom stereocenters. The van der Waals surface area contributed by atoms with E-state index in [4.69, 9.17) is 10.5 Å². The van der Waals surface area contributed by atoms with Crippen LogP contribution in [0.15, 0.2) is 29.3 Å². The molecular formula is C19H24N4O4. The molecule has 2 aliphatic heterocycles. The molecule has 144 valence electrons. The molecule has 8 nitrogen and oxygen atoms in total. The van der Waals surface area contributed by atoms with Crippen LogP contribution in [0.2, 0.25) is 0 Å². The highest BCUT2D eigenvalue weighted by molar-refractivity contribution is 6.15. The molecule has 3 amide bonds. The molecule has 2 aliphatic rings. The van der Waals surface area contributed by atoms with E-state index >= 15 is 0 Å². The Labute approximate surface area is 157 Å². The maximum absolute atomic E-state index is 12.6. The minimum absolute atomic E-state index is 0.166. The molecule has 1 aromatic rings. The summed E-state index contributed by atoms with van der Waals surface area (Å²) in [5.74, 6) is -0.202. The predicted octanol–water partition coefficient (Wildman–Crippen LogP) is 1.43. The number of nitrogens with one attached hydrogen (secondary N) is 1. The van der Waals surface area contributed by atoms with Crippen LogP contribution in [-0.2, 0) is 9.53 Å². The Kier molecular flexibility index (Phi) is 4.67. The first-order valence-corrected chi connectivity index (χ1v) is 8.89. The molecule has 0 saturated carbocycles. The number of likely N-dealkylation sites (tertiary alicyclic amines) is 1. The Hall–Kier alpha value is -2.90. The standard InChI is InChI=1S/C19H24N4O4/c1-18(2,3)27-17(26)23-10-8-19(9-11-23)16(25)21-15(22-19)13-6-4-12(5-7-13)14(20)24/h4-7H,8-11H2,1-3H3,(H2,20,24)(H,21,22,25). The van der Waals surface area contributed by atoms with E-state index in [1.54, 1.807) is 29.2 Å². The molecule has 3 N–H and O–H groups in total. The van der Waals surface area contributed by atoms with Gasteiger partial charge in [-0.1, -0.05) is 12.1 Å². The molecule has 2 heterocycles. The number of hydrogen-bond acceptors (Lipinski definition) is 5. The van der Waals surface area contributed by atoms with Gasteiger partial charge in [-0.3, -0.25) is 14.6 Å². The topological polar surface area (TPSA) is 114 Å². The lowest BCUT2D eigenvalue weighted by atomic mass is 9.88. The molecule has 0 unspecified atom stereocenters. The van der Waals surface area contributed by atoms with Gasteiger partial charge in [0.05, 0.1) is 0 Å². The number of carbonyl (C=O) groups is 3. The first-order chi connectivity index (χ1) is 12.6. The minimum Gasteiger partial charge on any atom is -0.444 e. The molecule has 1 aromatic carbocycles. The third kappa shape index (κ3) is 3.94. The van der Waals surface area contributed by atoms with E-state index in [9.17, 15) is 14.4 Å². The van der Waals surface area contributed by atoms with Gasteiger partial charge < -0.3 is 20.7 Å². The predicted molar refractivity (Wildman–Crippen MR) is 99.4 cm³/mol. The fraction of sp³-hybridized carbons (Fsp3) is 0.474. The van der Waals surface area contributed by atoms with Gasteiger partial charge in [0, 0.05) is 24.2 Å². The molecule has 0 radical (unpaired) electrons. The summed E-state index contributed by atoms with van der Waals surface area (Å²) >= 11 is 0. The van der Waals surface area contributed by atoms with Gasteiger partial charge in [-0.25, -0.2) is 4.79 Å². The summed E-state index contributed by atoms with van der Waals surface area (Å²) in [7, 11) is 0. The van der Waals surface area contributed by atoms with Crippen molar-refractivity contribution in [2.24, 2.45) is 10.7 Å². The summed E-state index contributed by atoms with van der Waals surface area (Å²) in [6.45, 7) is 6.27. The fourth-order valence-electron chi connectivity index (χ4n) is 3.17. The number of aliphatic imine (C=N–C) groups is 1. The number of amidine groups is 1. The van der Waals surface area contributed by atoms with E-state index in [0.717, 1.165) is 0 Å². The number of ether oxygens (including phenoxy) is 1. The molecule has 8 heteroatoms. The number of amides is 3. The second-order valence-electron chi connectivity index (χ2n) is 7.86. The fourth-order valence-corrected chi connectivity index (χ4v) is 3.17. The summed E-state index contributed by atoms with van der Waals surface area (Å²) < 4.78 is 5.39. The summed E-state index contributed by atoms with van der Waals surface area (Å²) in [6, 6.07) is 6.60. The Balaban J connectivity index is 1.71. The zero-order valence-electron chi connectivity index (χ0n) is 15.7. The first-order valence-electron chi connectivity index (χ1n) is 8.89. The van der Waals surface area contributed by atoms with Crippen molar-refractivity contribution in [1.29, 1.82) is 0 Å². The smallest absolute Gasteiger partial charge is 0.410 e. The van der Waals surface area contributed by atoms with Crippen LogP contribution in [-0.4, -0.2) is 52.9 Å². The molecule has 1 spiro atoms. The van der Waals surface area contributed by atoms with Crippen LogP contribution in [0.25, 0.3) is 0 Å². The average Bonchev–Trinajstić information content (AvgIpc) is 2.90. The Bertz CT molecular complexity index is 800. The van der Waals surface area contributed by atoms with E-state index in [1.807, 2.05) is 20.8 Å². The van der Waals surface area contributed by atoms with Crippen molar-refractivity contribution in [2.45, 2.75) is 44.8 Å². The zero-order valence-corrected chi connectivity index (χ0v) is 15.7. The van der Waals surface area contributed by atoms with Crippen LogP contribution in [0.1, 0.15) is 49.5 Å². The molecule has 0 aromatic heterocycles. The maximum atomic E-state index is 12.6. The quantitative estimate of drug-likeness (QED) is 0.817. The molecular weight excluding hydrogens is 348 g/mol. The molecule has 3 rings (SSSR count). The Morgan fingerprint density at radius 1 is 1.19 bits per heavy atom. The van der Waals surface area contributed by atoms with Crippen molar-refractivity contribution in [3.8, 4) is 0 Å². The lowest BCUT2D eigenvalue weighted by molar-refractivity contribution is -0.125. The molecule has 0 aliphatic carbocycles. The third-order valence-electron chi connectivity index (χ3n) is 4.67. The van der Waals surface area contributed by atoms with Crippen LogP contribution in [0.5, 0.6) is 0 Å². The number of carbonyl (C=O) groups excluding carboxylic acids is 3. The average molecular weight is 372 g/mol. The summed E-state index contributed by atoms with van der Waals surface area (Å²) in [5.41, 5.74) is 4.93. The van der Waals surface area contributed by atoms with Gasteiger partial charge in [0.15, 0.2) is 0 Å². The second-order valence-corrected chi connectivity index (χ2v) is 7.86. The lowest BCUT2D eigenvalue weighted by Crippen LogP contribution is -2.51. The van der Waals surface area contributed by atoms with Crippen LogP contribution in [0.3, 0.4) is 0 Å². The highest BCUT2D eigenvalue weighted by Crippen LogP contribution is 2.31. The number of primary amides is 1. The van der Waals surface area contributed by atoms with Crippen LogP contribution in [0, 0.1) is 0 Å². The first kappa shape index (κ1) is 18.9. The van der Waals surface area contributed by atoms with Crippen molar-refractivity contribution in [1.82, 2.24) is 10.2 Å². The Morgan fingerprint density at radius 3 is 2.30 bits per heavy atom. The third-order valence-corrected chi connectivity index (χ3v) is 4.67. The monoisotopic (exact) mass is 372 g/mol. The minimum atomic E-state index is -0.865. The van der Waals surface area contributed by atoms with E-state index in [1.165, 1.54) is 0 Å². The Morgan fingerprint density at radius 2 is 1.78 bits per heavy atom. The van der Waals surface area contributed by atoms with Crippen LogP contribution in [0.4, 0.5) is 4.79 Å². The van der Waals surface area contributed by atoms with E-state index in [-0.39, 0.29) is 12.0 Å². The van der Waals surface area contributed by atoms with Crippen molar-refractivity contribution in [3.63, 3.8) is 0 Å². The van der Waals surface area contributed by atoms with E-state index in [2.05, 4.69) is 10.3 Å². The highest BCUT2D eigenvalue weighted by Gasteiger charge is 2.47. The lowest BCUT2D eigenvalue weighted by Gasteiger charge is -2.36. The second kappa shape index (κ2) is 6.68. The van der Waals surface area contributed by atoms with Crippen molar-refractivity contribution >= 4 is 23.7 Å². The van der Waals surface area contributed by atoms with E-state index < -0.39 is 17.0 Å². The molecule has 0 bridgehead atoms. The van der Waals surface area contributed by atoms with Crippen LogP contribution >= 0.6 is 0 Å². The summed E-state index contributed by atoms with van der Waals surface area (Å²) in [6.07, 6.45) is 0.490. The highest BCUT2D eigenvalue weighted by atomic mass is 16.6. The van der Waals surface area contributed by atoms with Gasteiger partial charge in [0.2, 0.25) is 5.91 Å². The van der Waals surface area contributed by atoms with Gasteiger partial charge in [-0.15, -0.1) is 0 Å². The number of hydrogen-bond donors (Lipinski definition) is 2. The van der Waals surface area contributed by atoms with Gasteiger partial charge in [-0.2, -0.15) is 0 Å². The molecule has 1 fully saturated rings. The summed E-state index contributed by atoms with van der Waals surface area (Å²) in [5, 5.41) is 2.82. The van der Waals surface area contributed by atoms with Crippen molar-refractivity contribution in [2.75, 3.05) is 13.1 Å².